The smallest absolute Gasteiger partial charge is 0.231 e. The summed E-state index contributed by atoms with van der Waals surface area (Å²) >= 11 is 1.45. The average Bonchev–Trinajstić information content (AvgIpc) is 3.11. The number of nitrogens with one attached hydrogen (secondary N) is 2. The fourth-order valence-corrected chi connectivity index (χ4v) is 2.86. The predicted molar refractivity (Wildman–Crippen MR) is 66.2 cm³/mol. The van der Waals surface area contributed by atoms with Crippen LogP contribution in [0.5, 0.6) is 0 Å². The molecule has 2 amide bonds. The lowest BCUT2D eigenvalue weighted by atomic mass is 9.98. The van der Waals surface area contributed by atoms with Gasteiger partial charge in [-0.25, -0.2) is 0 Å². The molecule has 96 valence electrons. The Bertz CT molecular complexity index is 473. The molecule has 7 heteroatoms. The zero-order valence-electron chi connectivity index (χ0n) is 9.81. The third-order valence-electron chi connectivity index (χ3n) is 3.23. The summed E-state index contributed by atoms with van der Waals surface area (Å²) in [5.41, 5.74) is 0. The van der Waals surface area contributed by atoms with Crippen LogP contribution in [0.25, 0.3) is 0 Å². The second-order valence-corrected chi connectivity index (χ2v) is 5.76. The van der Waals surface area contributed by atoms with Crippen LogP contribution in [0.15, 0.2) is 0 Å². The minimum atomic E-state index is -0.157. The normalized spacial score (nSPS) is 23.6. The third-order valence-corrected chi connectivity index (χ3v) is 4.23. The molecule has 18 heavy (non-hydrogen) atoms. The quantitative estimate of drug-likeness (QED) is 0.850. The van der Waals surface area contributed by atoms with Gasteiger partial charge >= 0.3 is 0 Å². The summed E-state index contributed by atoms with van der Waals surface area (Å²) in [5.74, 6) is 0.345. The molecule has 0 bridgehead atoms. The van der Waals surface area contributed by atoms with Crippen LogP contribution in [-0.4, -0.2) is 28.6 Å². The van der Waals surface area contributed by atoms with Crippen LogP contribution in [0.2, 0.25) is 0 Å². The van der Waals surface area contributed by atoms with E-state index in [-0.39, 0.29) is 17.7 Å². The minimum Gasteiger partial charge on any atom is -0.355 e. The first-order valence-electron chi connectivity index (χ1n) is 6.13. The summed E-state index contributed by atoms with van der Waals surface area (Å²) in [7, 11) is 0. The van der Waals surface area contributed by atoms with Crippen molar-refractivity contribution in [1.29, 1.82) is 0 Å². The van der Waals surface area contributed by atoms with Crippen molar-refractivity contribution in [2.75, 3.05) is 11.9 Å². The first-order valence-corrected chi connectivity index (χ1v) is 6.95. The zero-order valence-corrected chi connectivity index (χ0v) is 10.6. The Morgan fingerprint density at radius 3 is 2.83 bits per heavy atom. The molecule has 0 radical (unpaired) electrons. The van der Waals surface area contributed by atoms with Crippen molar-refractivity contribution in [1.82, 2.24) is 15.5 Å². The first kappa shape index (κ1) is 11.6. The van der Waals surface area contributed by atoms with Crippen LogP contribution in [0.1, 0.15) is 36.6 Å². The van der Waals surface area contributed by atoms with E-state index in [9.17, 15) is 9.59 Å². The van der Waals surface area contributed by atoms with Crippen molar-refractivity contribution >= 4 is 28.3 Å². The van der Waals surface area contributed by atoms with Crippen molar-refractivity contribution in [2.45, 2.75) is 31.6 Å². The van der Waals surface area contributed by atoms with Crippen LogP contribution in [-0.2, 0) is 9.59 Å². The molecule has 2 heterocycles. The summed E-state index contributed by atoms with van der Waals surface area (Å²) in [6, 6.07) is 0. The topological polar surface area (TPSA) is 84.0 Å². The van der Waals surface area contributed by atoms with Crippen molar-refractivity contribution < 1.29 is 9.59 Å². The number of carbonyl (C=O) groups excluding carboxylic acids is 2. The summed E-state index contributed by atoms with van der Waals surface area (Å²) < 4.78 is 0. The van der Waals surface area contributed by atoms with E-state index in [0.29, 0.717) is 30.4 Å². The van der Waals surface area contributed by atoms with Gasteiger partial charge in [0, 0.05) is 18.9 Å². The zero-order chi connectivity index (χ0) is 12.5. The van der Waals surface area contributed by atoms with E-state index in [2.05, 4.69) is 20.8 Å². The van der Waals surface area contributed by atoms with Crippen LogP contribution in [0, 0.1) is 5.92 Å². The maximum absolute atomic E-state index is 11.9. The fourth-order valence-electron chi connectivity index (χ4n) is 1.94. The molecule has 6 nitrogen and oxygen atoms in total. The largest absolute Gasteiger partial charge is 0.355 e. The lowest BCUT2D eigenvalue weighted by molar-refractivity contribution is -0.126. The summed E-state index contributed by atoms with van der Waals surface area (Å²) in [5, 5.41) is 15.1. The van der Waals surface area contributed by atoms with E-state index in [0.717, 1.165) is 5.01 Å². The summed E-state index contributed by atoms with van der Waals surface area (Å²) in [6.07, 6.45) is 3.38. The van der Waals surface area contributed by atoms with Gasteiger partial charge in [-0.3, -0.25) is 9.59 Å². The molecule has 1 aliphatic carbocycles. The third kappa shape index (κ3) is 2.50. The Hall–Kier alpha value is -1.50. The Balaban J connectivity index is 1.57. The van der Waals surface area contributed by atoms with Gasteiger partial charge in [0.05, 0.1) is 5.92 Å². The van der Waals surface area contributed by atoms with Gasteiger partial charge in [0.2, 0.25) is 16.9 Å². The molecule has 1 saturated carbocycles. The van der Waals surface area contributed by atoms with E-state index in [1.54, 1.807) is 0 Å². The van der Waals surface area contributed by atoms with E-state index in [1.165, 1.54) is 24.2 Å². The van der Waals surface area contributed by atoms with Crippen molar-refractivity contribution in [2.24, 2.45) is 5.92 Å². The number of aromatic nitrogens is 2. The number of hydrogen-bond acceptors (Lipinski definition) is 5. The molecule has 0 unspecified atom stereocenters. The second-order valence-electron chi connectivity index (χ2n) is 4.75. The molecule has 0 aromatic carbocycles. The van der Waals surface area contributed by atoms with Gasteiger partial charge in [0.15, 0.2) is 0 Å². The molecular weight excluding hydrogens is 252 g/mol. The highest BCUT2D eigenvalue weighted by atomic mass is 32.1. The van der Waals surface area contributed by atoms with Crippen molar-refractivity contribution in [3.05, 3.63) is 5.01 Å². The van der Waals surface area contributed by atoms with Crippen molar-refractivity contribution in [3.8, 4) is 0 Å². The standard InChI is InChI=1S/C11H14N4O2S/c16-8-4-3-7(5-12-8)9(17)13-11-15-14-10(18-11)6-1-2-6/h6-7H,1-5H2,(H,12,16)(H,13,15,17)/t7-/m1/s1. The van der Waals surface area contributed by atoms with E-state index < -0.39 is 0 Å². The van der Waals surface area contributed by atoms with Crippen LogP contribution >= 0.6 is 11.3 Å². The summed E-state index contributed by atoms with van der Waals surface area (Å²) in [4.78, 5) is 23.0. The molecule has 2 fully saturated rings. The summed E-state index contributed by atoms with van der Waals surface area (Å²) in [6.45, 7) is 0.416. The Morgan fingerprint density at radius 1 is 1.33 bits per heavy atom. The SMILES string of the molecule is O=C1CC[C@@H](C(=O)Nc2nnc(C3CC3)s2)CN1. The molecule has 1 aromatic rings. The van der Waals surface area contributed by atoms with Gasteiger partial charge in [0.1, 0.15) is 5.01 Å². The maximum atomic E-state index is 11.9. The highest BCUT2D eigenvalue weighted by Gasteiger charge is 2.29. The highest BCUT2D eigenvalue weighted by molar-refractivity contribution is 7.15. The molecule has 2 aliphatic rings. The number of carbonyl (C=O) groups is 2. The second kappa shape index (κ2) is 4.64. The van der Waals surface area contributed by atoms with Gasteiger partial charge in [-0.2, -0.15) is 0 Å². The number of piperidine rings is 1. The van der Waals surface area contributed by atoms with E-state index >= 15 is 0 Å². The van der Waals surface area contributed by atoms with Gasteiger partial charge in [-0.15, -0.1) is 10.2 Å². The van der Waals surface area contributed by atoms with E-state index in [1.807, 2.05) is 0 Å². The molecule has 1 atom stereocenters. The van der Waals surface area contributed by atoms with Crippen LogP contribution in [0.3, 0.4) is 0 Å². The molecule has 3 rings (SSSR count). The van der Waals surface area contributed by atoms with Gasteiger partial charge in [0.25, 0.3) is 0 Å². The molecular formula is C11H14N4O2S. The number of anilines is 1. The number of hydrogen-bond donors (Lipinski definition) is 2. The Kier molecular flexibility index (Phi) is 2.99. The Labute approximate surface area is 108 Å². The van der Waals surface area contributed by atoms with Crippen LogP contribution < -0.4 is 10.6 Å². The molecule has 1 aliphatic heterocycles. The number of amides is 2. The maximum Gasteiger partial charge on any atom is 0.231 e. The number of rotatable bonds is 3. The predicted octanol–water partition coefficient (Wildman–Crippen LogP) is 0.880. The molecule has 2 N–H and O–H groups in total. The fraction of sp³-hybridized carbons (Fsp3) is 0.636. The monoisotopic (exact) mass is 266 g/mol. The van der Waals surface area contributed by atoms with E-state index in [4.69, 9.17) is 0 Å². The van der Waals surface area contributed by atoms with Gasteiger partial charge in [-0.05, 0) is 19.3 Å². The highest BCUT2D eigenvalue weighted by Crippen LogP contribution is 2.42. The molecule has 1 aromatic heterocycles. The lowest BCUT2D eigenvalue weighted by Crippen LogP contribution is -2.40. The Morgan fingerprint density at radius 2 is 2.17 bits per heavy atom. The van der Waals surface area contributed by atoms with Crippen LogP contribution in [0.4, 0.5) is 5.13 Å². The van der Waals surface area contributed by atoms with Gasteiger partial charge < -0.3 is 10.6 Å². The first-order chi connectivity index (χ1) is 8.72. The molecule has 1 saturated heterocycles. The average molecular weight is 266 g/mol. The van der Waals surface area contributed by atoms with Crippen molar-refractivity contribution in [3.63, 3.8) is 0 Å². The lowest BCUT2D eigenvalue weighted by Gasteiger charge is -2.20. The minimum absolute atomic E-state index is 0.0194. The number of nitrogens with zero attached hydrogens (tertiary/aromatic N) is 2. The molecule has 0 spiro atoms. The van der Waals surface area contributed by atoms with Gasteiger partial charge in [-0.1, -0.05) is 11.3 Å².